The van der Waals surface area contributed by atoms with Gasteiger partial charge < -0.3 is 14.7 Å². The third-order valence-corrected chi connectivity index (χ3v) is 5.19. The first-order valence-corrected chi connectivity index (χ1v) is 9.35. The minimum atomic E-state index is -4.96. The SMILES string of the molecule is CC(Cc1ccc2c(c1F)CCN(c1cc(OC(F)(F)F)cc(Cl)c1F)C2)C(=O)O. The Labute approximate surface area is 173 Å². The van der Waals surface area contributed by atoms with E-state index in [1.165, 1.54) is 17.9 Å². The van der Waals surface area contributed by atoms with E-state index in [0.717, 1.165) is 12.1 Å². The summed E-state index contributed by atoms with van der Waals surface area (Å²) in [6, 6.07) is 4.73. The second kappa shape index (κ2) is 8.29. The predicted molar refractivity (Wildman–Crippen MR) is 99.8 cm³/mol. The summed E-state index contributed by atoms with van der Waals surface area (Å²) in [7, 11) is 0. The van der Waals surface area contributed by atoms with Crippen LogP contribution in [0.5, 0.6) is 5.75 Å². The van der Waals surface area contributed by atoms with Crippen LogP contribution >= 0.6 is 11.6 Å². The molecule has 0 saturated heterocycles. The van der Waals surface area contributed by atoms with E-state index in [2.05, 4.69) is 4.74 Å². The van der Waals surface area contributed by atoms with E-state index < -0.39 is 40.7 Å². The van der Waals surface area contributed by atoms with Gasteiger partial charge in [0.15, 0.2) is 5.82 Å². The highest BCUT2D eigenvalue weighted by atomic mass is 35.5. The first-order chi connectivity index (χ1) is 14.0. The van der Waals surface area contributed by atoms with Gasteiger partial charge in [-0.2, -0.15) is 0 Å². The Morgan fingerprint density at radius 3 is 2.60 bits per heavy atom. The Kier molecular flexibility index (Phi) is 6.12. The van der Waals surface area contributed by atoms with E-state index in [-0.39, 0.29) is 37.2 Å². The van der Waals surface area contributed by atoms with Gasteiger partial charge in [-0.1, -0.05) is 30.7 Å². The second-order valence-corrected chi connectivity index (χ2v) is 7.48. The number of fused-ring (bicyclic) bond motifs is 1. The number of nitrogens with zero attached hydrogens (tertiary/aromatic N) is 1. The van der Waals surface area contributed by atoms with Crippen LogP contribution in [0.25, 0.3) is 0 Å². The first-order valence-electron chi connectivity index (χ1n) is 8.98. The number of alkyl halides is 3. The van der Waals surface area contributed by atoms with Crippen LogP contribution in [0.3, 0.4) is 0 Å². The minimum Gasteiger partial charge on any atom is -0.481 e. The number of anilines is 1. The number of hydrogen-bond donors (Lipinski definition) is 1. The summed E-state index contributed by atoms with van der Waals surface area (Å²) in [6.45, 7) is 1.65. The van der Waals surface area contributed by atoms with Crippen molar-refractivity contribution in [2.24, 2.45) is 5.92 Å². The number of hydrogen-bond acceptors (Lipinski definition) is 3. The molecule has 1 atom stereocenters. The van der Waals surface area contributed by atoms with E-state index in [1.807, 2.05) is 0 Å². The molecule has 1 aliphatic heterocycles. The number of ether oxygens (including phenoxy) is 1. The standard InChI is InChI=1S/C20H17ClF5NO3/c1-10(19(28)29)6-11-2-3-12-9-27(5-4-14(12)17(11)22)16-8-13(30-20(24,25)26)7-15(21)18(16)23/h2-3,7-8,10H,4-6,9H2,1H3,(H,28,29). The van der Waals surface area contributed by atoms with Crippen molar-refractivity contribution < 1.29 is 36.6 Å². The summed E-state index contributed by atoms with van der Waals surface area (Å²) in [6.07, 6.45) is -4.77. The summed E-state index contributed by atoms with van der Waals surface area (Å²) >= 11 is 5.73. The van der Waals surface area contributed by atoms with Crippen molar-refractivity contribution in [3.63, 3.8) is 0 Å². The summed E-state index contributed by atoms with van der Waals surface area (Å²) in [5.74, 6) is -3.86. The largest absolute Gasteiger partial charge is 0.573 e. The summed E-state index contributed by atoms with van der Waals surface area (Å²) in [5.41, 5.74) is 1.00. The molecule has 4 nitrogen and oxygen atoms in total. The molecule has 0 aromatic heterocycles. The number of carbonyl (C=O) groups is 1. The topological polar surface area (TPSA) is 49.8 Å². The average molecular weight is 450 g/mol. The number of carboxylic acids is 1. The van der Waals surface area contributed by atoms with Crippen molar-refractivity contribution in [3.05, 3.63) is 57.6 Å². The molecule has 1 heterocycles. The molecular formula is C20H17ClF5NO3. The fourth-order valence-corrected chi connectivity index (χ4v) is 3.62. The summed E-state index contributed by atoms with van der Waals surface area (Å²) in [4.78, 5) is 12.5. The van der Waals surface area contributed by atoms with Crippen molar-refractivity contribution in [2.75, 3.05) is 11.4 Å². The van der Waals surface area contributed by atoms with Crippen LogP contribution in [0.2, 0.25) is 5.02 Å². The van der Waals surface area contributed by atoms with Crippen molar-refractivity contribution in [1.29, 1.82) is 0 Å². The first kappa shape index (κ1) is 22.1. The lowest BCUT2D eigenvalue weighted by molar-refractivity contribution is -0.274. The zero-order chi connectivity index (χ0) is 22.2. The van der Waals surface area contributed by atoms with Crippen LogP contribution in [0.4, 0.5) is 27.6 Å². The number of halogens is 6. The minimum absolute atomic E-state index is 0.0270. The molecule has 0 amide bonds. The smallest absolute Gasteiger partial charge is 0.481 e. The number of carboxylic acid groups (broad SMARTS) is 1. The average Bonchev–Trinajstić information content (AvgIpc) is 2.65. The molecule has 0 aliphatic carbocycles. The van der Waals surface area contributed by atoms with E-state index in [9.17, 15) is 26.7 Å². The van der Waals surface area contributed by atoms with Gasteiger partial charge in [-0.15, -0.1) is 13.2 Å². The van der Waals surface area contributed by atoms with Gasteiger partial charge in [0, 0.05) is 25.2 Å². The van der Waals surface area contributed by atoms with Gasteiger partial charge in [0.25, 0.3) is 0 Å². The molecule has 162 valence electrons. The number of rotatable bonds is 5. The van der Waals surface area contributed by atoms with E-state index in [4.69, 9.17) is 16.7 Å². The molecule has 1 N–H and O–H groups in total. The van der Waals surface area contributed by atoms with Gasteiger partial charge in [0.05, 0.1) is 16.6 Å². The molecule has 0 fully saturated rings. The third kappa shape index (κ3) is 4.77. The van der Waals surface area contributed by atoms with E-state index >= 15 is 0 Å². The van der Waals surface area contributed by atoms with Gasteiger partial charge in [0.2, 0.25) is 0 Å². The molecule has 1 aliphatic rings. The monoisotopic (exact) mass is 449 g/mol. The Morgan fingerprint density at radius 2 is 1.97 bits per heavy atom. The van der Waals surface area contributed by atoms with Crippen LogP contribution < -0.4 is 9.64 Å². The predicted octanol–water partition coefficient (Wildman–Crippen LogP) is 5.34. The third-order valence-electron chi connectivity index (χ3n) is 4.92. The Balaban J connectivity index is 1.88. The summed E-state index contributed by atoms with van der Waals surface area (Å²) in [5, 5.41) is 8.49. The fourth-order valence-electron chi connectivity index (χ4n) is 3.41. The van der Waals surface area contributed by atoms with Gasteiger partial charge >= 0.3 is 12.3 Å². The molecule has 2 aromatic carbocycles. The maximum absolute atomic E-state index is 14.8. The number of aliphatic carboxylic acids is 1. The molecule has 30 heavy (non-hydrogen) atoms. The molecule has 10 heteroatoms. The van der Waals surface area contributed by atoms with Gasteiger partial charge in [-0.25, -0.2) is 8.78 Å². The van der Waals surface area contributed by atoms with Gasteiger partial charge in [-0.3, -0.25) is 4.79 Å². The van der Waals surface area contributed by atoms with Crippen molar-refractivity contribution in [3.8, 4) is 5.75 Å². The zero-order valence-electron chi connectivity index (χ0n) is 15.7. The van der Waals surface area contributed by atoms with E-state index in [0.29, 0.717) is 11.1 Å². The highest BCUT2D eigenvalue weighted by Gasteiger charge is 2.32. The lowest BCUT2D eigenvalue weighted by Gasteiger charge is -2.32. The zero-order valence-corrected chi connectivity index (χ0v) is 16.4. The molecule has 3 rings (SSSR count). The molecule has 0 bridgehead atoms. The maximum atomic E-state index is 14.8. The van der Waals surface area contributed by atoms with Gasteiger partial charge in [0.1, 0.15) is 11.6 Å². The molecule has 1 unspecified atom stereocenters. The summed E-state index contributed by atoms with van der Waals surface area (Å²) < 4.78 is 70.7. The van der Waals surface area contributed by atoms with Crippen LogP contribution in [-0.2, 0) is 24.2 Å². The highest BCUT2D eigenvalue weighted by Crippen LogP contribution is 2.36. The normalized spacial score (nSPS) is 15.0. The van der Waals surface area contributed by atoms with Crippen LogP contribution in [-0.4, -0.2) is 24.0 Å². The second-order valence-electron chi connectivity index (χ2n) is 7.08. The lowest BCUT2D eigenvalue weighted by atomic mass is 9.92. The highest BCUT2D eigenvalue weighted by molar-refractivity contribution is 6.31. The molecule has 2 aromatic rings. The Bertz CT molecular complexity index is 980. The fraction of sp³-hybridized carbons (Fsp3) is 0.350. The molecule has 0 saturated carbocycles. The lowest BCUT2D eigenvalue weighted by Crippen LogP contribution is -2.32. The van der Waals surface area contributed by atoms with E-state index in [1.54, 1.807) is 6.07 Å². The van der Waals surface area contributed by atoms with Crippen LogP contribution in [0, 0.1) is 17.6 Å². The van der Waals surface area contributed by atoms with Crippen molar-refractivity contribution in [2.45, 2.75) is 32.7 Å². The Morgan fingerprint density at radius 1 is 1.27 bits per heavy atom. The molecular weight excluding hydrogens is 433 g/mol. The quantitative estimate of drug-likeness (QED) is 0.626. The van der Waals surface area contributed by atoms with Crippen molar-refractivity contribution in [1.82, 2.24) is 0 Å². The van der Waals surface area contributed by atoms with Crippen LogP contribution in [0.1, 0.15) is 23.6 Å². The van der Waals surface area contributed by atoms with Gasteiger partial charge in [-0.05, 0) is 29.5 Å². The van der Waals surface area contributed by atoms with Crippen molar-refractivity contribution >= 4 is 23.3 Å². The maximum Gasteiger partial charge on any atom is 0.573 e. The van der Waals surface area contributed by atoms with Crippen LogP contribution in [0.15, 0.2) is 24.3 Å². The number of benzene rings is 2. The molecule has 0 radical (unpaired) electrons. The molecule has 0 spiro atoms. The Hall–Kier alpha value is -2.55.